The molecular weight excluding hydrogens is 398 g/mol. The van der Waals surface area contributed by atoms with Crippen LogP contribution in [0.4, 0.5) is 5.69 Å². The number of carbonyl (C=O) groups excluding carboxylic acids is 3. The van der Waals surface area contributed by atoms with E-state index in [-0.39, 0.29) is 18.9 Å². The Balaban J connectivity index is 1.53. The molecular formula is C19H17N3O4S2. The quantitative estimate of drug-likeness (QED) is 0.641. The van der Waals surface area contributed by atoms with E-state index in [0.29, 0.717) is 10.8 Å². The lowest BCUT2D eigenvalue weighted by atomic mass is 10.1. The van der Waals surface area contributed by atoms with E-state index >= 15 is 0 Å². The molecule has 9 heteroatoms. The van der Waals surface area contributed by atoms with Crippen LogP contribution in [0.25, 0.3) is 0 Å². The van der Waals surface area contributed by atoms with Crippen LogP contribution in [0.3, 0.4) is 0 Å². The average molecular weight is 415 g/mol. The fourth-order valence-electron chi connectivity index (χ4n) is 2.68. The van der Waals surface area contributed by atoms with E-state index in [4.69, 9.17) is 4.74 Å². The summed E-state index contributed by atoms with van der Waals surface area (Å²) in [5.74, 6) is -1.90. The first-order valence-electron chi connectivity index (χ1n) is 8.51. The van der Waals surface area contributed by atoms with Gasteiger partial charge in [0, 0.05) is 22.5 Å². The summed E-state index contributed by atoms with van der Waals surface area (Å²) in [5, 5.41) is 11.4. The molecule has 0 N–H and O–H groups in total. The second-order valence-electron chi connectivity index (χ2n) is 6.07. The number of aromatic nitrogens is 1. The summed E-state index contributed by atoms with van der Waals surface area (Å²) >= 11 is 2.69. The van der Waals surface area contributed by atoms with Gasteiger partial charge in [0.15, 0.2) is 18.3 Å². The fourth-order valence-corrected chi connectivity index (χ4v) is 4.48. The molecule has 144 valence electrons. The van der Waals surface area contributed by atoms with Gasteiger partial charge in [0.25, 0.3) is 0 Å². The van der Waals surface area contributed by atoms with Crippen LogP contribution in [0.2, 0.25) is 0 Å². The number of benzene rings is 1. The van der Waals surface area contributed by atoms with Crippen LogP contribution in [0, 0.1) is 18.3 Å². The normalized spacial score (nSPS) is 14.1. The zero-order valence-corrected chi connectivity index (χ0v) is 16.7. The Kier molecular flexibility index (Phi) is 6.44. The summed E-state index contributed by atoms with van der Waals surface area (Å²) < 4.78 is 5.02. The Labute approximate surface area is 170 Å². The van der Waals surface area contributed by atoms with Crippen LogP contribution in [0.5, 0.6) is 0 Å². The minimum atomic E-state index is -1.04. The molecule has 0 fully saturated rings. The third-order valence-electron chi connectivity index (χ3n) is 4.06. The molecule has 7 nitrogen and oxygen atoms in total. The predicted octanol–water partition coefficient (Wildman–Crippen LogP) is 2.70. The Morgan fingerprint density at radius 3 is 2.89 bits per heavy atom. The monoisotopic (exact) mass is 415 g/mol. The second kappa shape index (κ2) is 8.99. The number of thioether (sulfide) groups is 1. The lowest BCUT2D eigenvalue weighted by molar-refractivity contribution is -0.147. The maximum atomic E-state index is 12.2. The van der Waals surface area contributed by atoms with E-state index in [1.165, 1.54) is 23.1 Å². The van der Waals surface area contributed by atoms with Gasteiger partial charge in [0.2, 0.25) is 5.91 Å². The van der Waals surface area contributed by atoms with Gasteiger partial charge in [0.05, 0.1) is 23.9 Å². The Morgan fingerprint density at radius 1 is 1.39 bits per heavy atom. The van der Waals surface area contributed by atoms with E-state index in [9.17, 15) is 19.6 Å². The lowest BCUT2D eigenvalue weighted by Gasteiger charge is -2.28. The van der Waals surface area contributed by atoms with Crippen molar-refractivity contribution in [3.8, 4) is 6.07 Å². The number of esters is 1. The fraction of sp³-hybridized carbons (Fsp3) is 0.316. The molecule has 1 aromatic carbocycles. The van der Waals surface area contributed by atoms with Gasteiger partial charge < -0.3 is 9.64 Å². The van der Waals surface area contributed by atoms with Gasteiger partial charge >= 0.3 is 5.97 Å². The van der Waals surface area contributed by atoms with Crippen molar-refractivity contribution < 1.29 is 19.1 Å². The van der Waals surface area contributed by atoms with E-state index in [1.54, 1.807) is 17.2 Å². The van der Waals surface area contributed by atoms with Crippen molar-refractivity contribution in [1.82, 2.24) is 4.98 Å². The molecule has 3 rings (SSSR count). The Bertz CT molecular complexity index is 951. The molecule has 0 saturated carbocycles. The van der Waals surface area contributed by atoms with Crippen molar-refractivity contribution in [2.24, 2.45) is 0 Å². The maximum Gasteiger partial charge on any atom is 0.308 e. The second-order valence-corrected chi connectivity index (χ2v) is 7.97. The number of hydrogen-bond acceptors (Lipinski definition) is 8. The molecule has 1 aliphatic rings. The Hall–Kier alpha value is -2.70. The standard InChI is InChI=1S/C19H17N3O4S2/c1-12-10-28-19(21-12)13(8-20)15(23)9-26-18(25)6-7-22-14-4-2-3-5-16(14)27-11-17(22)24/h2-5,10,13H,6-7,9,11H2,1H3/t13-/m1/s1. The van der Waals surface area contributed by atoms with Crippen LogP contribution in [0.15, 0.2) is 34.5 Å². The molecule has 0 saturated heterocycles. The van der Waals surface area contributed by atoms with Crippen molar-refractivity contribution in [1.29, 1.82) is 5.26 Å². The van der Waals surface area contributed by atoms with Crippen LogP contribution < -0.4 is 4.90 Å². The number of nitrogens with zero attached hydrogens (tertiary/aromatic N) is 3. The molecule has 1 atom stereocenters. The number of para-hydroxylation sites is 1. The summed E-state index contributed by atoms with van der Waals surface area (Å²) in [6.07, 6.45) is -0.0361. The number of amides is 1. The summed E-state index contributed by atoms with van der Waals surface area (Å²) in [6.45, 7) is 1.46. The van der Waals surface area contributed by atoms with Crippen molar-refractivity contribution in [2.75, 3.05) is 23.8 Å². The summed E-state index contributed by atoms with van der Waals surface area (Å²) in [4.78, 5) is 43.1. The summed E-state index contributed by atoms with van der Waals surface area (Å²) in [7, 11) is 0. The molecule has 0 aliphatic carbocycles. The van der Waals surface area contributed by atoms with Gasteiger partial charge in [-0.3, -0.25) is 14.4 Å². The van der Waals surface area contributed by atoms with Crippen molar-refractivity contribution in [2.45, 2.75) is 24.2 Å². The summed E-state index contributed by atoms with van der Waals surface area (Å²) in [6, 6.07) is 9.41. The number of hydrogen-bond donors (Lipinski definition) is 0. The zero-order valence-electron chi connectivity index (χ0n) is 15.1. The van der Waals surface area contributed by atoms with E-state index in [1.807, 2.05) is 30.3 Å². The molecule has 2 heterocycles. The number of nitriles is 1. The number of thiazole rings is 1. The van der Waals surface area contributed by atoms with E-state index < -0.39 is 24.3 Å². The number of aryl methyl sites for hydroxylation is 1. The van der Waals surface area contributed by atoms with Gasteiger partial charge in [-0.1, -0.05) is 12.1 Å². The number of anilines is 1. The first-order chi connectivity index (χ1) is 13.5. The largest absolute Gasteiger partial charge is 0.458 e. The first-order valence-corrected chi connectivity index (χ1v) is 10.4. The molecule has 0 radical (unpaired) electrons. The van der Waals surface area contributed by atoms with Gasteiger partial charge in [-0.25, -0.2) is 4.98 Å². The highest BCUT2D eigenvalue weighted by Gasteiger charge is 2.26. The molecule has 0 bridgehead atoms. The first kappa shape index (κ1) is 20.0. The highest BCUT2D eigenvalue weighted by molar-refractivity contribution is 8.00. The maximum absolute atomic E-state index is 12.2. The Morgan fingerprint density at radius 2 is 2.18 bits per heavy atom. The van der Waals surface area contributed by atoms with Crippen molar-refractivity contribution >= 4 is 46.4 Å². The lowest BCUT2D eigenvalue weighted by Crippen LogP contribution is -2.37. The summed E-state index contributed by atoms with van der Waals surface area (Å²) in [5.41, 5.74) is 1.51. The molecule has 0 unspecified atom stereocenters. The van der Waals surface area contributed by atoms with Crippen LogP contribution in [-0.2, 0) is 19.1 Å². The SMILES string of the molecule is Cc1csc([C@H](C#N)C(=O)COC(=O)CCN2C(=O)CSc3ccccc32)n1. The predicted molar refractivity (Wildman–Crippen MR) is 105 cm³/mol. The highest BCUT2D eigenvalue weighted by Crippen LogP contribution is 2.34. The molecule has 2 aromatic rings. The van der Waals surface area contributed by atoms with Gasteiger partial charge in [0.1, 0.15) is 5.01 Å². The number of fused-ring (bicyclic) bond motifs is 1. The molecule has 0 spiro atoms. The minimum Gasteiger partial charge on any atom is -0.458 e. The molecule has 1 aliphatic heterocycles. The number of ketones is 1. The smallest absolute Gasteiger partial charge is 0.308 e. The average Bonchev–Trinajstić information content (AvgIpc) is 3.12. The number of ether oxygens (including phenoxy) is 1. The van der Waals surface area contributed by atoms with Crippen LogP contribution >= 0.6 is 23.1 Å². The zero-order chi connectivity index (χ0) is 20.1. The number of Topliss-reactive ketones (excluding diaryl/α,β-unsaturated/α-hetero) is 1. The topological polar surface area (TPSA) is 100 Å². The third kappa shape index (κ3) is 4.58. The molecule has 1 amide bonds. The van der Waals surface area contributed by atoms with E-state index in [0.717, 1.165) is 16.3 Å². The highest BCUT2D eigenvalue weighted by atomic mass is 32.2. The van der Waals surface area contributed by atoms with Crippen molar-refractivity contribution in [3.05, 3.63) is 40.3 Å². The molecule has 28 heavy (non-hydrogen) atoms. The van der Waals surface area contributed by atoms with Crippen molar-refractivity contribution in [3.63, 3.8) is 0 Å². The van der Waals surface area contributed by atoms with Crippen LogP contribution in [0.1, 0.15) is 23.0 Å². The van der Waals surface area contributed by atoms with Gasteiger partial charge in [-0.15, -0.1) is 23.1 Å². The van der Waals surface area contributed by atoms with Gasteiger partial charge in [-0.2, -0.15) is 5.26 Å². The minimum absolute atomic E-state index is 0.0361. The number of carbonyl (C=O) groups is 3. The third-order valence-corrected chi connectivity index (χ3v) is 6.13. The molecule has 1 aromatic heterocycles. The number of rotatable bonds is 7. The van der Waals surface area contributed by atoms with E-state index in [2.05, 4.69) is 4.98 Å². The van der Waals surface area contributed by atoms with Gasteiger partial charge in [-0.05, 0) is 19.1 Å². The van der Waals surface area contributed by atoms with Crippen LogP contribution in [-0.4, -0.2) is 41.5 Å².